The van der Waals surface area contributed by atoms with Crippen molar-refractivity contribution in [3.05, 3.63) is 35.9 Å². The lowest BCUT2D eigenvalue weighted by Crippen LogP contribution is -2.51. The minimum Gasteiger partial charge on any atom is -0.383 e. The SMILES string of the molecule is COCCNC(=O)C(C)NC(=O)C(N)Cc1ccccc1. The molecule has 0 aliphatic rings. The minimum atomic E-state index is -0.679. The predicted molar refractivity (Wildman–Crippen MR) is 80.6 cm³/mol. The van der Waals surface area contributed by atoms with E-state index in [-0.39, 0.29) is 11.8 Å². The highest BCUT2D eigenvalue weighted by Gasteiger charge is 2.19. The smallest absolute Gasteiger partial charge is 0.242 e. The molecule has 1 aromatic carbocycles. The maximum atomic E-state index is 12.0. The van der Waals surface area contributed by atoms with Crippen molar-refractivity contribution < 1.29 is 14.3 Å². The molecule has 2 unspecified atom stereocenters. The van der Waals surface area contributed by atoms with Gasteiger partial charge in [-0.3, -0.25) is 9.59 Å². The van der Waals surface area contributed by atoms with E-state index in [1.807, 2.05) is 30.3 Å². The zero-order chi connectivity index (χ0) is 15.7. The summed E-state index contributed by atoms with van der Waals surface area (Å²) in [4.78, 5) is 23.7. The first-order valence-electron chi connectivity index (χ1n) is 6.91. The highest BCUT2D eigenvalue weighted by molar-refractivity contribution is 5.89. The number of amides is 2. The Hall–Kier alpha value is -1.92. The second-order valence-corrected chi connectivity index (χ2v) is 4.81. The fourth-order valence-electron chi connectivity index (χ4n) is 1.78. The van der Waals surface area contributed by atoms with Crippen LogP contribution < -0.4 is 16.4 Å². The molecule has 0 heterocycles. The number of methoxy groups -OCH3 is 1. The Morgan fingerprint density at radius 1 is 1.24 bits per heavy atom. The predicted octanol–water partition coefficient (Wildman–Crippen LogP) is -0.176. The van der Waals surface area contributed by atoms with Crippen molar-refractivity contribution in [1.29, 1.82) is 0 Å². The van der Waals surface area contributed by atoms with Gasteiger partial charge in [-0.25, -0.2) is 0 Å². The number of carbonyl (C=O) groups excluding carboxylic acids is 2. The number of ether oxygens (including phenoxy) is 1. The van der Waals surface area contributed by atoms with Crippen LogP contribution in [0.1, 0.15) is 12.5 Å². The zero-order valence-electron chi connectivity index (χ0n) is 12.5. The molecule has 0 spiro atoms. The van der Waals surface area contributed by atoms with Crippen molar-refractivity contribution >= 4 is 11.8 Å². The van der Waals surface area contributed by atoms with E-state index >= 15 is 0 Å². The summed E-state index contributed by atoms with van der Waals surface area (Å²) in [5.41, 5.74) is 6.84. The molecule has 2 atom stereocenters. The van der Waals surface area contributed by atoms with Gasteiger partial charge in [0.1, 0.15) is 6.04 Å². The first kappa shape index (κ1) is 17.1. The largest absolute Gasteiger partial charge is 0.383 e. The van der Waals surface area contributed by atoms with Crippen LogP contribution in [0.2, 0.25) is 0 Å². The molecule has 2 amide bonds. The van der Waals surface area contributed by atoms with Crippen LogP contribution in [-0.2, 0) is 20.7 Å². The molecule has 0 bridgehead atoms. The van der Waals surface area contributed by atoms with E-state index in [1.165, 1.54) is 0 Å². The molecule has 116 valence electrons. The standard InChI is InChI=1S/C15H23N3O3/c1-11(14(19)17-8-9-21-2)18-15(20)13(16)10-12-6-4-3-5-7-12/h3-7,11,13H,8-10,16H2,1-2H3,(H,17,19)(H,18,20). The van der Waals surface area contributed by atoms with Crippen molar-refractivity contribution in [3.8, 4) is 0 Å². The monoisotopic (exact) mass is 293 g/mol. The third-order valence-electron chi connectivity index (χ3n) is 2.99. The van der Waals surface area contributed by atoms with Gasteiger partial charge in [-0.1, -0.05) is 30.3 Å². The van der Waals surface area contributed by atoms with E-state index < -0.39 is 12.1 Å². The fraction of sp³-hybridized carbons (Fsp3) is 0.467. The van der Waals surface area contributed by atoms with Gasteiger partial charge in [0.15, 0.2) is 0 Å². The Kier molecular flexibility index (Phi) is 7.42. The van der Waals surface area contributed by atoms with Gasteiger partial charge in [0.2, 0.25) is 11.8 Å². The molecule has 0 saturated heterocycles. The lowest BCUT2D eigenvalue weighted by atomic mass is 10.1. The van der Waals surface area contributed by atoms with Crippen molar-refractivity contribution in [1.82, 2.24) is 10.6 Å². The van der Waals surface area contributed by atoms with Crippen molar-refractivity contribution in [2.75, 3.05) is 20.3 Å². The molecule has 0 aliphatic heterocycles. The summed E-state index contributed by atoms with van der Waals surface area (Å²) >= 11 is 0. The van der Waals surface area contributed by atoms with Crippen molar-refractivity contribution in [2.45, 2.75) is 25.4 Å². The number of benzene rings is 1. The molecule has 0 saturated carbocycles. The average molecular weight is 293 g/mol. The maximum absolute atomic E-state index is 12.0. The van der Waals surface area contributed by atoms with Gasteiger partial charge >= 0.3 is 0 Å². The molecule has 0 radical (unpaired) electrons. The summed E-state index contributed by atoms with van der Waals surface area (Å²) in [5.74, 6) is -0.597. The molecule has 0 aromatic heterocycles. The van der Waals surface area contributed by atoms with Gasteiger partial charge in [-0.15, -0.1) is 0 Å². The van der Waals surface area contributed by atoms with Crippen molar-refractivity contribution in [2.24, 2.45) is 5.73 Å². The fourth-order valence-corrected chi connectivity index (χ4v) is 1.78. The van der Waals surface area contributed by atoms with Crippen LogP contribution in [0.3, 0.4) is 0 Å². The molecule has 1 aromatic rings. The number of nitrogens with two attached hydrogens (primary N) is 1. The van der Waals surface area contributed by atoms with Crippen LogP contribution in [0.4, 0.5) is 0 Å². The van der Waals surface area contributed by atoms with Gasteiger partial charge in [-0.2, -0.15) is 0 Å². The number of hydrogen-bond donors (Lipinski definition) is 3. The van der Waals surface area contributed by atoms with Gasteiger partial charge in [0.05, 0.1) is 12.6 Å². The van der Waals surface area contributed by atoms with Crippen LogP contribution >= 0.6 is 0 Å². The summed E-state index contributed by atoms with van der Waals surface area (Å²) < 4.78 is 4.84. The Balaban J connectivity index is 2.39. The van der Waals surface area contributed by atoms with Gasteiger partial charge < -0.3 is 21.1 Å². The second kappa shape index (κ2) is 9.10. The molecule has 0 aliphatic carbocycles. The van der Waals surface area contributed by atoms with Crippen LogP contribution in [-0.4, -0.2) is 44.2 Å². The summed E-state index contributed by atoms with van der Waals surface area (Å²) in [6, 6.07) is 8.21. The quantitative estimate of drug-likeness (QED) is 0.580. The number of rotatable bonds is 8. The first-order chi connectivity index (χ1) is 10.0. The van der Waals surface area contributed by atoms with Crippen LogP contribution in [0.15, 0.2) is 30.3 Å². The highest BCUT2D eigenvalue weighted by Crippen LogP contribution is 2.02. The molecular weight excluding hydrogens is 270 g/mol. The van der Waals surface area contributed by atoms with E-state index in [1.54, 1.807) is 14.0 Å². The topological polar surface area (TPSA) is 93.5 Å². The summed E-state index contributed by atoms with van der Waals surface area (Å²) in [7, 11) is 1.56. The van der Waals surface area contributed by atoms with Gasteiger partial charge in [-0.05, 0) is 18.9 Å². The Morgan fingerprint density at radius 2 is 1.90 bits per heavy atom. The Labute approximate surface area is 125 Å². The summed E-state index contributed by atoms with van der Waals surface area (Å²) in [6.45, 7) is 2.46. The minimum absolute atomic E-state index is 0.257. The van der Waals surface area contributed by atoms with Crippen LogP contribution in [0, 0.1) is 0 Å². The molecular formula is C15H23N3O3. The maximum Gasteiger partial charge on any atom is 0.242 e. The molecule has 6 heteroatoms. The Morgan fingerprint density at radius 3 is 2.52 bits per heavy atom. The van der Waals surface area contributed by atoms with E-state index in [2.05, 4.69) is 10.6 Å². The van der Waals surface area contributed by atoms with E-state index in [0.717, 1.165) is 5.56 Å². The average Bonchev–Trinajstić information content (AvgIpc) is 2.48. The number of nitrogens with one attached hydrogen (secondary N) is 2. The third-order valence-corrected chi connectivity index (χ3v) is 2.99. The summed E-state index contributed by atoms with van der Waals surface area (Å²) in [6.07, 6.45) is 0.435. The first-order valence-corrected chi connectivity index (χ1v) is 6.91. The zero-order valence-corrected chi connectivity index (χ0v) is 12.5. The van der Waals surface area contributed by atoms with Crippen LogP contribution in [0.25, 0.3) is 0 Å². The van der Waals surface area contributed by atoms with Gasteiger partial charge in [0.25, 0.3) is 0 Å². The Bertz CT molecular complexity index is 451. The third kappa shape index (κ3) is 6.37. The van der Waals surface area contributed by atoms with Crippen molar-refractivity contribution in [3.63, 3.8) is 0 Å². The van der Waals surface area contributed by atoms with E-state index in [4.69, 9.17) is 10.5 Å². The van der Waals surface area contributed by atoms with Gasteiger partial charge in [0, 0.05) is 13.7 Å². The van der Waals surface area contributed by atoms with Crippen LogP contribution in [0.5, 0.6) is 0 Å². The number of carbonyl (C=O) groups is 2. The highest BCUT2D eigenvalue weighted by atomic mass is 16.5. The molecule has 21 heavy (non-hydrogen) atoms. The second-order valence-electron chi connectivity index (χ2n) is 4.81. The molecule has 1 rings (SSSR count). The lowest BCUT2D eigenvalue weighted by Gasteiger charge is -2.17. The summed E-state index contributed by atoms with van der Waals surface area (Å²) in [5, 5.41) is 5.27. The molecule has 4 N–H and O–H groups in total. The van der Waals surface area contributed by atoms with E-state index in [9.17, 15) is 9.59 Å². The number of hydrogen-bond acceptors (Lipinski definition) is 4. The molecule has 6 nitrogen and oxygen atoms in total. The van der Waals surface area contributed by atoms with E-state index in [0.29, 0.717) is 19.6 Å². The lowest BCUT2D eigenvalue weighted by molar-refractivity contribution is -0.129. The normalized spacial score (nSPS) is 13.3. The molecule has 0 fully saturated rings.